The zero-order chi connectivity index (χ0) is 12.0. The molecular weight excluding hydrogens is 198 g/mol. The van der Waals surface area contributed by atoms with Crippen LogP contribution < -0.4 is 5.32 Å². The number of hydrogen-bond donors (Lipinski definition) is 1. The third kappa shape index (κ3) is 4.65. The molecule has 94 valence electrons. The monoisotopic (exact) mass is 225 g/mol. The Labute approximate surface area is 100 Å². The molecule has 2 heteroatoms. The van der Waals surface area contributed by atoms with Crippen molar-refractivity contribution in [3.63, 3.8) is 0 Å². The van der Waals surface area contributed by atoms with Crippen LogP contribution in [0.5, 0.6) is 0 Å². The standard InChI is InChI=1S/C14H27NO/c1-4-11(2)8-14(16)9-12(3)13-6-5-7-15-10-13/h11-13,15H,4-10H2,1-3H3. The first kappa shape index (κ1) is 13.7. The highest BCUT2D eigenvalue weighted by atomic mass is 16.1. The molecule has 1 rings (SSSR count). The maximum absolute atomic E-state index is 11.8. The zero-order valence-electron chi connectivity index (χ0n) is 11.1. The zero-order valence-corrected chi connectivity index (χ0v) is 11.1. The molecule has 0 saturated carbocycles. The van der Waals surface area contributed by atoms with Gasteiger partial charge in [-0.05, 0) is 43.7 Å². The summed E-state index contributed by atoms with van der Waals surface area (Å²) in [5.74, 6) is 2.30. The molecular formula is C14H27NO. The fourth-order valence-electron chi connectivity index (χ4n) is 2.51. The van der Waals surface area contributed by atoms with E-state index in [2.05, 4.69) is 26.1 Å². The summed E-state index contributed by atoms with van der Waals surface area (Å²) in [7, 11) is 0. The Kier molecular flexibility index (Phi) is 6.04. The van der Waals surface area contributed by atoms with Gasteiger partial charge >= 0.3 is 0 Å². The Balaban J connectivity index is 2.26. The molecule has 0 aliphatic carbocycles. The SMILES string of the molecule is CCC(C)CC(=O)CC(C)C1CCCNC1. The molecule has 1 fully saturated rings. The number of nitrogens with one attached hydrogen (secondary N) is 1. The largest absolute Gasteiger partial charge is 0.316 e. The number of hydrogen-bond acceptors (Lipinski definition) is 2. The van der Waals surface area contributed by atoms with Crippen molar-refractivity contribution in [1.82, 2.24) is 5.32 Å². The average Bonchev–Trinajstić information content (AvgIpc) is 2.29. The highest BCUT2D eigenvalue weighted by Crippen LogP contribution is 2.24. The molecule has 0 aromatic carbocycles. The number of carbonyl (C=O) groups excluding carboxylic acids is 1. The fraction of sp³-hybridized carbons (Fsp3) is 0.929. The Morgan fingerprint density at radius 1 is 1.38 bits per heavy atom. The second kappa shape index (κ2) is 7.05. The number of ketones is 1. The van der Waals surface area contributed by atoms with Crippen LogP contribution in [0.4, 0.5) is 0 Å². The minimum atomic E-state index is 0.465. The average molecular weight is 225 g/mol. The summed E-state index contributed by atoms with van der Waals surface area (Å²) in [5, 5.41) is 3.43. The predicted octanol–water partition coefficient (Wildman–Crippen LogP) is 3.02. The van der Waals surface area contributed by atoms with Gasteiger partial charge in [0.1, 0.15) is 5.78 Å². The molecule has 1 aliphatic heterocycles. The highest BCUT2D eigenvalue weighted by molar-refractivity contribution is 5.78. The molecule has 16 heavy (non-hydrogen) atoms. The molecule has 0 bridgehead atoms. The molecule has 1 N–H and O–H groups in total. The summed E-state index contributed by atoms with van der Waals surface area (Å²) in [4.78, 5) is 11.8. The van der Waals surface area contributed by atoms with Crippen molar-refractivity contribution in [2.24, 2.45) is 17.8 Å². The van der Waals surface area contributed by atoms with E-state index in [1.807, 2.05) is 0 Å². The minimum Gasteiger partial charge on any atom is -0.316 e. The number of rotatable bonds is 6. The van der Waals surface area contributed by atoms with Crippen LogP contribution in [-0.2, 0) is 4.79 Å². The molecule has 2 nitrogen and oxygen atoms in total. The molecule has 3 unspecified atom stereocenters. The van der Waals surface area contributed by atoms with Crippen molar-refractivity contribution < 1.29 is 4.79 Å². The van der Waals surface area contributed by atoms with Crippen molar-refractivity contribution in [2.75, 3.05) is 13.1 Å². The minimum absolute atomic E-state index is 0.465. The van der Waals surface area contributed by atoms with Gasteiger partial charge in [-0.3, -0.25) is 4.79 Å². The Morgan fingerprint density at radius 2 is 2.12 bits per heavy atom. The van der Waals surface area contributed by atoms with Crippen LogP contribution >= 0.6 is 0 Å². The van der Waals surface area contributed by atoms with Gasteiger partial charge < -0.3 is 5.32 Å². The summed E-state index contributed by atoms with van der Waals surface area (Å²) in [6, 6.07) is 0. The Bertz CT molecular complexity index is 209. The molecule has 0 radical (unpaired) electrons. The second-order valence-corrected chi connectivity index (χ2v) is 5.54. The Morgan fingerprint density at radius 3 is 2.69 bits per heavy atom. The smallest absolute Gasteiger partial charge is 0.133 e. The lowest BCUT2D eigenvalue weighted by Gasteiger charge is -2.28. The summed E-state index contributed by atoms with van der Waals surface area (Å²) < 4.78 is 0. The molecule has 1 heterocycles. The van der Waals surface area contributed by atoms with E-state index in [9.17, 15) is 4.79 Å². The number of piperidine rings is 1. The second-order valence-electron chi connectivity index (χ2n) is 5.54. The van der Waals surface area contributed by atoms with E-state index < -0.39 is 0 Å². The van der Waals surface area contributed by atoms with Crippen molar-refractivity contribution in [2.45, 2.75) is 52.9 Å². The van der Waals surface area contributed by atoms with Crippen LogP contribution in [0.25, 0.3) is 0 Å². The lowest BCUT2D eigenvalue weighted by atomic mass is 9.83. The van der Waals surface area contributed by atoms with E-state index in [1.165, 1.54) is 12.8 Å². The van der Waals surface area contributed by atoms with Gasteiger partial charge in [-0.2, -0.15) is 0 Å². The van der Waals surface area contributed by atoms with E-state index in [1.54, 1.807) is 0 Å². The van der Waals surface area contributed by atoms with Gasteiger partial charge in [-0.25, -0.2) is 0 Å². The first-order chi connectivity index (χ1) is 7.63. The van der Waals surface area contributed by atoms with Crippen molar-refractivity contribution in [3.05, 3.63) is 0 Å². The van der Waals surface area contributed by atoms with Crippen LogP contribution in [0.15, 0.2) is 0 Å². The molecule has 3 atom stereocenters. The predicted molar refractivity (Wildman–Crippen MR) is 68.5 cm³/mol. The van der Waals surface area contributed by atoms with Crippen LogP contribution in [0, 0.1) is 17.8 Å². The maximum Gasteiger partial charge on any atom is 0.133 e. The van der Waals surface area contributed by atoms with Gasteiger partial charge in [0.25, 0.3) is 0 Å². The van der Waals surface area contributed by atoms with E-state index in [0.29, 0.717) is 17.6 Å². The highest BCUT2D eigenvalue weighted by Gasteiger charge is 2.22. The molecule has 1 aliphatic rings. The Hall–Kier alpha value is -0.370. The lowest BCUT2D eigenvalue weighted by molar-refractivity contribution is -0.121. The first-order valence-corrected chi connectivity index (χ1v) is 6.85. The third-order valence-electron chi connectivity index (χ3n) is 3.96. The van der Waals surface area contributed by atoms with Crippen LogP contribution in [0.3, 0.4) is 0 Å². The quantitative estimate of drug-likeness (QED) is 0.753. The number of carbonyl (C=O) groups is 1. The summed E-state index contributed by atoms with van der Waals surface area (Å²) in [5.41, 5.74) is 0. The molecule has 0 amide bonds. The van der Waals surface area contributed by atoms with Gasteiger partial charge in [0.05, 0.1) is 0 Å². The maximum atomic E-state index is 11.8. The van der Waals surface area contributed by atoms with Gasteiger partial charge in [-0.15, -0.1) is 0 Å². The fourth-order valence-corrected chi connectivity index (χ4v) is 2.51. The van der Waals surface area contributed by atoms with Crippen molar-refractivity contribution in [1.29, 1.82) is 0 Å². The van der Waals surface area contributed by atoms with Crippen LogP contribution in [0.1, 0.15) is 52.9 Å². The molecule has 0 aromatic heterocycles. The molecule has 0 spiro atoms. The summed E-state index contributed by atoms with van der Waals surface area (Å²) in [6.45, 7) is 8.84. The lowest BCUT2D eigenvalue weighted by Crippen LogP contribution is -2.34. The summed E-state index contributed by atoms with van der Waals surface area (Å²) in [6.07, 6.45) is 5.25. The normalized spacial score (nSPS) is 25.1. The third-order valence-corrected chi connectivity index (χ3v) is 3.96. The molecule has 0 aromatic rings. The van der Waals surface area contributed by atoms with Gasteiger partial charge in [0.15, 0.2) is 0 Å². The van der Waals surface area contributed by atoms with Gasteiger partial charge in [-0.1, -0.05) is 27.2 Å². The summed E-state index contributed by atoms with van der Waals surface area (Å²) >= 11 is 0. The number of Topliss-reactive ketones (excluding diaryl/α,β-unsaturated/α-hetero) is 1. The van der Waals surface area contributed by atoms with Gasteiger partial charge in [0, 0.05) is 12.8 Å². The van der Waals surface area contributed by atoms with Gasteiger partial charge in [0.2, 0.25) is 0 Å². The van der Waals surface area contributed by atoms with E-state index in [4.69, 9.17) is 0 Å². The van der Waals surface area contributed by atoms with Crippen LogP contribution in [0.2, 0.25) is 0 Å². The van der Waals surface area contributed by atoms with E-state index in [-0.39, 0.29) is 0 Å². The van der Waals surface area contributed by atoms with E-state index >= 15 is 0 Å². The van der Waals surface area contributed by atoms with E-state index in [0.717, 1.165) is 38.3 Å². The topological polar surface area (TPSA) is 29.1 Å². The van der Waals surface area contributed by atoms with Crippen molar-refractivity contribution >= 4 is 5.78 Å². The first-order valence-electron chi connectivity index (χ1n) is 6.85. The van der Waals surface area contributed by atoms with Crippen molar-refractivity contribution in [3.8, 4) is 0 Å². The molecule has 1 saturated heterocycles. The van der Waals surface area contributed by atoms with Crippen LogP contribution in [-0.4, -0.2) is 18.9 Å².